The van der Waals surface area contributed by atoms with Crippen molar-refractivity contribution in [3.63, 3.8) is 0 Å². The van der Waals surface area contributed by atoms with Crippen molar-refractivity contribution in [1.82, 2.24) is 25.6 Å². The highest BCUT2D eigenvalue weighted by Gasteiger charge is 2.29. The second kappa shape index (κ2) is 7.98. The summed E-state index contributed by atoms with van der Waals surface area (Å²) in [4.78, 5) is 24.6. The van der Waals surface area contributed by atoms with E-state index in [1.807, 2.05) is 26.8 Å². The lowest BCUT2D eigenvalue weighted by Crippen LogP contribution is -2.52. The van der Waals surface area contributed by atoms with E-state index in [1.165, 1.54) is 0 Å². The fourth-order valence-corrected chi connectivity index (χ4v) is 3.35. The van der Waals surface area contributed by atoms with Gasteiger partial charge in [-0.3, -0.25) is 14.9 Å². The number of aryl methyl sites for hydroxylation is 2. The Morgan fingerprint density at radius 3 is 2.69 bits per heavy atom. The van der Waals surface area contributed by atoms with Crippen LogP contribution in [-0.4, -0.2) is 32.8 Å². The highest BCUT2D eigenvalue weighted by atomic mass is 16.5. The Labute approximate surface area is 170 Å². The molecule has 0 radical (unpaired) electrons. The van der Waals surface area contributed by atoms with Gasteiger partial charge >= 0.3 is 0 Å². The number of amides is 2. The molecule has 3 rings (SSSR count). The van der Waals surface area contributed by atoms with Crippen molar-refractivity contribution >= 4 is 17.6 Å². The Balaban J connectivity index is 1.79. The maximum atomic E-state index is 12.6. The molecule has 1 fully saturated rings. The number of hydrogen-bond donors (Lipinski definition) is 3. The maximum Gasteiger partial charge on any atom is 0.225 e. The van der Waals surface area contributed by atoms with Gasteiger partial charge in [-0.1, -0.05) is 25.9 Å². The summed E-state index contributed by atoms with van der Waals surface area (Å²) in [5.74, 6) is 1.09. The quantitative estimate of drug-likeness (QED) is 0.707. The number of carbonyl (C=O) groups excluding carboxylic acids is 2. The normalized spacial score (nSPS) is 19.9. The largest absolute Gasteiger partial charge is 0.361 e. The molecule has 1 aliphatic heterocycles. The number of aromatic nitrogens is 3. The lowest BCUT2D eigenvalue weighted by atomic mass is 9.92. The number of rotatable bonds is 5. The summed E-state index contributed by atoms with van der Waals surface area (Å²) in [6.45, 7) is 11.8. The first-order valence-corrected chi connectivity index (χ1v) is 9.91. The molecule has 9 heteroatoms. The Morgan fingerprint density at radius 2 is 2.10 bits per heavy atom. The SMILES string of the molecule is Cc1noc(C)c1CCC(=O)Nc1cc(C(C)(C)C)nn1C1NC(=O)CC(C)N1. The van der Waals surface area contributed by atoms with Gasteiger partial charge in [0.15, 0.2) is 6.29 Å². The Morgan fingerprint density at radius 1 is 1.38 bits per heavy atom. The summed E-state index contributed by atoms with van der Waals surface area (Å²) < 4.78 is 6.80. The summed E-state index contributed by atoms with van der Waals surface area (Å²) in [5.41, 5.74) is 2.39. The van der Waals surface area contributed by atoms with Crippen molar-refractivity contribution in [1.29, 1.82) is 0 Å². The van der Waals surface area contributed by atoms with E-state index in [-0.39, 0.29) is 23.3 Å². The van der Waals surface area contributed by atoms with Gasteiger partial charge in [-0.2, -0.15) is 5.10 Å². The molecule has 2 amide bonds. The van der Waals surface area contributed by atoms with Gasteiger partial charge in [0.05, 0.1) is 11.4 Å². The molecule has 9 nitrogen and oxygen atoms in total. The standard InChI is InChI=1S/C20H30N6O3/c1-11-9-18(28)23-19(21-11)26-16(10-15(24-26)20(4,5)6)22-17(27)8-7-14-12(2)25-29-13(14)3/h10-11,19,21H,7-9H2,1-6H3,(H,22,27)(H,23,28). The van der Waals surface area contributed by atoms with Crippen LogP contribution >= 0.6 is 0 Å². The van der Waals surface area contributed by atoms with Crippen LogP contribution in [0, 0.1) is 13.8 Å². The minimum atomic E-state index is -0.514. The Bertz CT molecular complexity index is 888. The molecule has 3 N–H and O–H groups in total. The van der Waals surface area contributed by atoms with Crippen LogP contribution in [0.15, 0.2) is 10.6 Å². The van der Waals surface area contributed by atoms with Crippen molar-refractivity contribution in [3.8, 4) is 0 Å². The molecule has 0 bridgehead atoms. The number of carbonyl (C=O) groups is 2. The van der Waals surface area contributed by atoms with Crippen LogP contribution < -0.4 is 16.0 Å². The van der Waals surface area contributed by atoms with E-state index in [9.17, 15) is 9.59 Å². The molecule has 0 spiro atoms. The zero-order chi connectivity index (χ0) is 21.3. The molecule has 2 atom stereocenters. The van der Waals surface area contributed by atoms with Crippen molar-refractivity contribution in [2.24, 2.45) is 0 Å². The third-order valence-corrected chi connectivity index (χ3v) is 5.03. The molecule has 3 heterocycles. The highest BCUT2D eigenvalue weighted by Crippen LogP contribution is 2.26. The van der Waals surface area contributed by atoms with E-state index in [0.29, 0.717) is 25.1 Å². The van der Waals surface area contributed by atoms with E-state index in [1.54, 1.807) is 4.68 Å². The summed E-state index contributed by atoms with van der Waals surface area (Å²) in [6.07, 6.45) is 0.728. The van der Waals surface area contributed by atoms with Crippen molar-refractivity contribution < 1.29 is 14.1 Å². The minimum absolute atomic E-state index is 0.0131. The smallest absolute Gasteiger partial charge is 0.225 e. The van der Waals surface area contributed by atoms with Crippen LogP contribution in [-0.2, 0) is 21.4 Å². The number of anilines is 1. The zero-order valence-corrected chi connectivity index (χ0v) is 17.9. The van der Waals surface area contributed by atoms with Crippen LogP contribution in [0.25, 0.3) is 0 Å². The Hall–Kier alpha value is -2.68. The van der Waals surface area contributed by atoms with Crippen molar-refractivity contribution in [2.45, 2.75) is 78.6 Å². The molecular formula is C20H30N6O3. The van der Waals surface area contributed by atoms with Gasteiger partial charge in [-0.25, -0.2) is 4.68 Å². The molecule has 2 aromatic heterocycles. The van der Waals surface area contributed by atoms with Gasteiger partial charge in [-0.15, -0.1) is 0 Å². The molecule has 1 aliphatic rings. The second-order valence-corrected chi connectivity index (χ2v) is 8.70. The Kier molecular flexibility index (Phi) is 5.79. The average Bonchev–Trinajstić information content (AvgIpc) is 3.16. The van der Waals surface area contributed by atoms with E-state index in [4.69, 9.17) is 4.52 Å². The first-order chi connectivity index (χ1) is 13.5. The highest BCUT2D eigenvalue weighted by molar-refractivity contribution is 5.90. The summed E-state index contributed by atoms with van der Waals surface area (Å²) in [6, 6.07) is 1.88. The molecular weight excluding hydrogens is 372 g/mol. The fourth-order valence-electron chi connectivity index (χ4n) is 3.35. The monoisotopic (exact) mass is 402 g/mol. The van der Waals surface area contributed by atoms with Crippen molar-refractivity contribution in [2.75, 3.05) is 5.32 Å². The van der Waals surface area contributed by atoms with Crippen molar-refractivity contribution in [3.05, 3.63) is 28.8 Å². The van der Waals surface area contributed by atoms with Gasteiger partial charge in [-0.05, 0) is 27.2 Å². The molecule has 1 saturated heterocycles. The molecule has 2 unspecified atom stereocenters. The topological polar surface area (TPSA) is 114 Å². The average molecular weight is 402 g/mol. The summed E-state index contributed by atoms with van der Waals surface area (Å²) in [7, 11) is 0. The molecule has 2 aromatic rings. The van der Waals surface area contributed by atoms with E-state index in [2.05, 4.69) is 47.0 Å². The van der Waals surface area contributed by atoms with Crippen LogP contribution in [0.2, 0.25) is 0 Å². The van der Waals surface area contributed by atoms with Crippen LogP contribution in [0.1, 0.15) is 69.5 Å². The fraction of sp³-hybridized carbons (Fsp3) is 0.600. The third kappa shape index (κ3) is 4.84. The molecule has 158 valence electrons. The van der Waals surface area contributed by atoms with Gasteiger partial charge < -0.3 is 15.2 Å². The van der Waals surface area contributed by atoms with Gasteiger partial charge in [0.1, 0.15) is 11.6 Å². The minimum Gasteiger partial charge on any atom is -0.361 e. The molecule has 0 aromatic carbocycles. The number of nitrogens with one attached hydrogen (secondary N) is 3. The van der Waals surface area contributed by atoms with Crippen LogP contribution in [0.3, 0.4) is 0 Å². The van der Waals surface area contributed by atoms with E-state index >= 15 is 0 Å². The van der Waals surface area contributed by atoms with Gasteiger partial charge in [0.2, 0.25) is 11.8 Å². The number of hydrogen-bond acceptors (Lipinski definition) is 6. The van der Waals surface area contributed by atoms with Crippen LogP contribution in [0.5, 0.6) is 0 Å². The van der Waals surface area contributed by atoms with E-state index < -0.39 is 6.29 Å². The first-order valence-electron chi connectivity index (χ1n) is 9.91. The van der Waals surface area contributed by atoms with Gasteiger partial charge in [0.25, 0.3) is 0 Å². The lowest BCUT2D eigenvalue weighted by Gasteiger charge is -2.30. The molecule has 29 heavy (non-hydrogen) atoms. The second-order valence-electron chi connectivity index (χ2n) is 8.70. The molecule has 0 saturated carbocycles. The predicted octanol–water partition coefficient (Wildman–Crippen LogP) is 2.31. The van der Waals surface area contributed by atoms with Gasteiger partial charge in [0, 0.05) is 35.9 Å². The first kappa shape index (κ1) is 21.0. The molecule has 0 aliphatic carbocycles. The third-order valence-electron chi connectivity index (χ3n) is 5.03. The number of nitrogens with zero attached hydrogens (tertiary/aromatic N) is 3. The zero-order valence-electron chi connectivity index (χ0n) is 17.9. The predicted molar refractivity (Wildman–Crippen MR) is 108 cm³/mol. The summed E-state index contributed by atoms with van der Waals surface area (Å²) in [5, 5.41) is 17.7. The summed E-state index contributed by atoms with van der Waals surface area (Å²) >= 11 is 0. The van der Waals surface area contributed by atoms with E-state index in [0.717, 1.165) is 22.7 Å². The lowest BCUT2D eigenvalue weighted by molar-refractivity contribution is -0.125. The maximum absolute atomic E-state index is 12.6. The van der Waals surface area contributed by atoms with Crippen LogP contribution in [0.4, 0.5) is 5.82 Å².